The van der Waals surface area contributed by atoms with Gasteiger partial charge in [-0.1, -0.05) is 18.2 Å². The standard InChI is InChI=1S/C19H15N3OS2/c23-18-17(12-13-5-6-16-14(11-13)3-1-8-20-16)25-19(22-18)21-9-7-15-4-2-10-24-15/h1-6,8,10-12H,7,9H2,(H,21,22,23)/b17-12-. The van der Waals surface area contributed by atoms with Gasteiger partial charge in [-0.3, -0.25) is 9.78 Å². The van der Waals surface area contributed by atoms with Gasteiger partial charge in [0.2, 0.25) is 0 Å². The predicted octanol–water partition coefficient (Wildman–Crippen LogP) is 4.10. The molecule has 0 aliphatic carbocycles. The molecule has 0 atom stereocenters. The van der Waals surface area contributed by atoms with Gasteiger partial charge in [0.05, 0.1) is 10.4 Å². The third-order valence-electron chi connectivity index (χ3n) is 3.77. The second kappa shape index (κ2) is 7.21. The Balaban J connectivity index is 1.42. The van der Waals surface area contributed by atoms with Crippen LogP contribution < -0.4 is 5.32 Å². The number of hydrogen-bond donors (Lipinski definition) is 1. The number of hydrogen-bond acceptors (Lipinski definition) is 5. The summed E-state index contributed by atoms with van der Waals surface area (Å²) in [6, 6.07) is 14.1. The first-order valence-electron chi connectivity index (χ1n) is 7.91. The monoisotopic (exact) mass is 365 g/mol. The van der Waals surface area contributed by atoms with Gasteiger partial charge in [0, 0.05) is 23.0 Å². The van der Waals surface area contributed by atoms with Crippen LogP contribution in [0.25, 0.3) is 17.0 Å². The highest BCUT2D eigenvalue weighted by Gasteiger charge is 2.21. The van der Waals surface area contributed by atoms with Crippen molar-refractivity contribution in [2.24, 2.45) is 4.99 Å². The van der Waals surface area contributed by atoms with Crippen molar-refractivity contribution >= 4 is 51.2 Å². The van der Waals surface area contributed by atoms with E-state index in [1.165, 1.54) is 16.6 Å². The summed E-state index contributed by atoms with van der Waals surface area (Å²) in [5.41, 5.74) is 1.92. The number of amides is 1. The summed E-state index contributed by atoms with van der Waals surface area (Å²) in [6.07, 6.45) is 4.60. The quantitative estimate of drug-likeness (QED) is 0.707. The zero-order valence-corrected chi connectivity index (χ0v) is 14.9. The summed E-state index contributed by atoms with van der Waals surface area (Å²) >= 11 is 3.13. The van der Waals surface area contributed by atoms with E-state index in [0.29, 0.717) is 10.1 Å². The number of thioether (sulfide) groups is 1. The first-order valence-corrected chi connectivity index (χ1v) is 9.61. The second-order valence-corrected chi connectivity index (χ2v) is 7.61. The third kappa shape index (κ3) is 3.81. The minimum Gasteiger partial charge on any atom is -0.364 e. The number of carbonyl (C=O) groups is 1. The van der Waals surface area contributed by atoms with Gasteiger partial charge in [0.1, 0.15) is 0 Å². The van der Waals surface area contributed by atoms with Gasteiger partial charge in [-0.2, -0.15) is 4.99 Å². The molecule has 1 aliphatic heterocycles. The third-order valence-corrected chi connectivity index (χ3v) is 5.65. The molecule has 1 N–H and O–H groups in total. The van der Waals surface area contributed by atoms with E-state index in [1.807, 2.05) is 42.5 Å². The van der Waals surface area contributed by atoms with E-state index in [2.05, 4.69) is 26.7 Å². The van der Waals surface area contributed by atoms with Crippen LogP contribution in [0.15, 0.2) is 63.9 Å². The Hall–Kier alpha value is -2.44. The van der Waals surface area contributed by atoms with Crippen molar-refractivity contribution in [3.8, 4) is 0 Å². The molecule has 0 bridgehead atoms. The summed E-state index contributed by atoms with van der Waals surface area (Å²) in [6.45, 7) is 0.772. The van der Waals surface area contributed by atoms with Gasteiger partial charge in [-0.15, -0.1) is 11.3 Å². The maximum Gasteiger partial charge on any atom is 0.286 e. The molecule has 0 spiro atoms. The Kier molecular flexibility index (Phi) is 4.63. The lowest BCUT2D eigenvalue weighted by Gasteiger charge is -2.03. The number of pyridine rings is 1. The Bertz CT molecular complexity index is 977. The lowest BCUT2D eigenvalue weighted by molar-refractivity contribution is -0.113. The molecular weight excluding hydrogens is 350 g/mol. The molecule has 0 saturated carbocycles. The molecule has 4 rings (SSSR count). The van der Waals surface area contributed by atoms with E-state index < -0.39 is 0 Å². The van der Waals surface area contributed by atoms with Crippen LogP contribution in [0.4, 0.5) is 0 Å². The fourth-order valence-electron chi connectivity index (χ4n) is 2.57. The van der Waals surface area contributed by atoms with E-state index in [9.17, 15) is 4.79 Å². The van der Waals surface area contributed by atoms with E-state index in [0.717, 1.165) is 29.4 Å². The number of carbonyl (C=O) groups excluding carboxylic acids is 1. The van der Waals surface area contributed by atoms with E-state index in [1.54, 1.807) is 17.5 Å². The Morgan fingerprint density at radius 1 is 1.16 bits per heavy atom. The zero-order valence-electron chi connectivity index (χ0n) is 13.3. The van der Waals surface area contributed by atoms with Gasteiger partial charge in [0.15, 0.2) is 5.17 Å². The van der Waals surface area contributed by atoms with Crippen LogP contribution in [-0.2, 0) is 11.2 Å². The molecular formula is C19H15N3OS2. The summed E-state index contributed by atoms with van der Waals surface area (Å²) < 4.78 is 0. The summed E-state index contributed by atoms with van der Waals surface area (Å²) in [4.78, 5) is 22.5. The molecule has 2 aromatic heterocycles. The van der Waals surface area contributed by atoms with Gasteiger partial charge in [-0.05, 0) is 59.5 Å². The lowest BCUT2D eigenvalue weighted by Crippen LogP contribution is -2.21. The number of aliphatic imine (C=N–C) groups is 1. The summed E-state index contributed by atoms with van der Waals surface area (Å²) in [5.74, 6) is -0.185. The smallest absolute Gasteiger partial charge is 0.286 e. The molecule has 0 saturated heterocycles. The fourth-order valence-corrected chi connectivity index (χ4v) is 4.12. The minimum absolute atomic E-state index is 0.185. The first-order chi connectivity index (χ1) is 12.3. The summed E-state index contributed by atoms with van der Waals surface area (Å²) in [7, 11) is 0. The van der Waals surface area contributed by atoms with Crippen molar-refractivity contribution in [1.29, 1.82) is 0 Å². The first kappa shape index (κ1) is 16.1. The Morgan fingerprint density at radius 3 is 3.00 bits per heavy atom. The fraction of sp³-hybridized carbons (Fsp3) is 0.105. The predicted molar refractivity (Wildman–Crippen MR) is 106 cm³/mol. The zero-order chi connectivity index (χ0) is 17.1. The van der Waals surface area contributed by atoms with Gasteiger partial charge >= 0.3 is 0 Å². The highest BCUT2D eigenvalue weighted by molar-refractivity contribution is 8.18. The van der Waals surface area contributed by atoms with Crippen LogP contribution in [0.5, 0.6) is 0 Å². The van der Waals surface area contributed by atoms with Crippen molar-refractivity contribution in [2.45, 2.75) is 6.42 Å². The van der Waals surface area contributed by atoms with E-state index >= 15 is 0 Å². The van der Waals surface area contributed by atoms with Gasteiger partial charge in [-0.25, -0.2) is 0 Å². The van der Waals surface area contributed by atoms with Crippen LogP contribution >= 0.6 is 23.1 Å². The number of nitrogens with zero attached hydrogens (tertiary/aromatic N) is 2. The number of aromatic nitrogens is 1. The highest BCUT2D eigenvalue weighted by Crippen LogP contribution is 2.28. The average molecular weight is 365 g/mol. The topological polar surface area (TPSA) is 54.4 Å². The molecule has 3 aromatic rings. The molecule has 3 heterocycles. The van der Waals surface area contributed by atoms with Crippen molar-refractivity contribution in [3.05, 3.63) is 69.4 Å². The number of amidine groups is 1. The van der Waals surface area contributed by atoms with Crippen molar-refractivity contribution in [1.82, 2.24) is 10.3 Å². The average Bonchev–Trinajstić information content (AvgIpc) is 3.25. The Morgan fingerprint density at radius 2 is 2.12 bits per heavy atom. The number of rotatable bonds is 4. The maximum atomic E-state index is 12.1. The van der Waals surface area contributed by atoms with Crippen LogP contribution in [-0.4, -0.2) is 22.6 Å². The molecule has 1 amide bonds. The molecule has 1 aliphatic rings. The highest BCUT2D eigenvalue weighted by atomic mass is 32.2. The second-order valence-electron chi connectivity index (χ2n) is 5.54. The molecule has 0 radical (unpaired) electrons. The summed E-state index contributed by atoms with van der Waals surface area (Å²) in [5, 5.41) is 7.05. The molecule has 6 heteroatoms. The van der Waals surface area contributed by atoms with Gasteiger partial charge < -0.3 is 5.32 Å². The normalized spacial score (nSPS) is 15.8. The van der Waals surface area contributed by atoms with Crippen LogP contribution in [0.2, 0.25) is 0 Å². The Labute approximate surface area is 153 Å². The largest absolute Gasteiger partial charge is 0.364 e. The number of nitrogens with one attached hydrogen (secondary N) is 1. The van der Waals surface area contributed by atoms with E-state index in [-0.39, 0.29) is 5.91 Å². The number of thiophene rings is 1. The molecule has 4 nitrogen and oxygen atoms in total. The molecule has 1 aromatic carbocycles. The molecule has 124 valence electrons. The maximum absolute atomic E-state index is 12.1. The van der Waals surface area contributed by atoms with Gasteiger partial charge in [0.25, 0.3) is 5.91 Å². The minimum atomic E-state index is -0.185. The number of benzene rings is 1. The van der Waals surface area contributed by atoms with Crippen LogP contribution in [0, 0.1) is 0 Å². The molecule has 0 unspecified atom stereocenters. The number of fused-ring (bicyclic) bond motifs is 1. The van der Waals surface area contributed by atoms with E-state index in [4.69, 9.17) is 0 Å². The van der Waals surface area contributed by atoms with Crippen molar-refractivity contribution in [2.75, 3.05) is 6.54 Å². The van der Waals surface area contributed by atoms with Crippen LogP contribution in [0.1, 0.15) is 10.4 Å². The molecule has 25 heavy (non-hydrogen) atoms. The SMILES string of the molecule is O=C1N=C(NCCc2cccs2)S/C1=C\c1ccc2ncccc2c1. The molecule has 0 fully saturated rings. The van der Waals surface area contributed by atoms with Crippen molar-refractivity contribution in [3.63, 3.8) is 0 Å². The van der Waals surface area contributed by atoms with Crippen LogP contribution in [0.3, 0.4) is 0 Å². The lowest BCUT2D eigenvalue weighted by atomic mass is 10.1. The van der Waals surface area contributed by atoms with Crippen molar-refractivity contribution < 1.29 is 4.79 Å².